The van der Waals surface area contributed by atoms with Gasteiger partial charge >= 0.3 is 0 Å². The molecular weight excluding hydrogens is 342 g/mol. The molecule has 1 aromatic carbocycles. The summed E-state index contributed by atoms with van der Waals surface area (Å²) in [5.74, 6) is 1.51. The Morgan fingerprint density at radius 3 is 2.96 bits per heavy atom. The topological polar surface area (TPSA) is 72.3 Å². The second-order valence-electron chi connectivity index (χ2n) is 6.45. The number of aromatic nitrogens is 3. The van der Waals surface area contributed by atoms with Crippen LogP contribution in [0.1, 0.15) is 11.1 Å². The summed E-state index contributed by atoms with van der Waals surface area (Å²) in [5.41, 5.74) is 2.13. The minimum atomic E-state index is -0.0673. The predicted octanol–water partition coefficient (Wildman–Crippen LogP) is 2.16. The number of fused-ring (bicyclic) bond motifs is 1. The van der Waals surface area contributed by atoms with E-state index >= 15 is 0 Å². The molecule has 7 heteroatoms. The fourth-order valence-electron chi connectivity index (χ4n) is 3.13. The average molecular weight is 363 g/mol. The summed E-state index contributed by atoms with van der Waals surface area (Å²) in [5, 5.41) is 7.26. The van der Waals surface area contributed by atoms with Crippen molar-refractivity contribution in [3.8, 4) is 5.75 Å². The molecule has 7 nitrogen and oxygen atoms in total. The van der Waals surface area contributed by atoms with Crippen molar-refractivity contribution in [1.82, 2.24) is 19.7 Å². The molecule has 138 valence electrons. The van der Waals surface area contributed by atoms with Crippen LogP contribution in [0.15, 0.2) is 61.1 Å². The fourth-order valence-corrected chi connectivity index (χ4v) is 3.13. The zero-order valence-corrected chi connectivity index (χ0v) is 14.9. The number of hydrogen-bond donors (Lipinski definition) is 1. The normalized spacial score (nSPS) is 14.1. The van der Waals surface area contributed by atoms with Crippen molar-refractivity contribution in [2.75, 3.05) is 25.0 Å². The summed E-state index contributed by atoms with van der Waals surface area (Å²) < 4.78 is 7.52. The number of nitrogens with one attached hydrogen (secondary N) is 1. The number of amides is 1. The number of para-hydroxylation sites is 1. The first-order valence-electron chi connectivity index (χ1n) is 8.91. The van der Waals surface area contributed by atoms with Crippen LogP contribution >= 0.6 is 0 Å². The standard InChI is InChI=1S/C20H21N5O2/c26-20(15-24-10-11-27-18-6-2-1-5-17(18)14-24)23-19-7-9-22-25(19)13-16-4-3-8-21-12-16/h1-9,12H,10-11,13-15H2,(H,23,26). The first-order chi connectivity index (χ1) is 13.3. The summed E-state index contributed by atoms with van der Waals surface area (Å²) in [6.07, 6.45) is 5.21. The molecule has 0 fully saturated rings. The molecule has 3 aromatic rings. The van der Waals surface area contributed by atoms with Crippen LogP contribution < -0.4 is 10.1 Å². The van der Waals surface area contributed by atoms with Crippen LogP contribution in [0.5, 0.6) is 5.75 Å². The lowest BCUT2D eigenvalue weighted by Crippen LogP contribution is -2.34. The van der Waals surface area contributed by atoms with E-state index in [0.29, 0.717) is 38.6 Å². The molecule has 1 aliphatic heterocycles. The number of anilines is 1. The number of carbonyl (C=O) groups is 1. The molecule has 0 radical (unpaired) electrons. The second kappa shape index (κ2) is 8.01. The lowest BCUT2D eigenvalue weighted by molar-refractivity contribution is -0.117. The van der Waals surface area contributed by atoms with Crippen LogP contribution in [-0.4, -0.2) is 45.3 Å². The number of ether oxygens (including phenoxy) is 1. The van der Waals surface area contributed by atoms with E-state index in [4.69, 9.17) is 4.74 Å². The molecule has 0 aliphatic carbocycles. The molecule has 1 aliphatic rings. The van der Waals surface area contributed by atoms with E-state index in [1.54, 1.807) is 29.3 Å². The van der Waals surface area contributed by atoms with Gasteiger partial charge in [0.1, 0.15) is 18.2 Å². The average Bonchev–Trinajstić information content (AvgIpc) is 2.99. The van der Waals surface area contributed by atoms with Gasteiger partial charge in [-0.25, -0.2) is 4.68 Å². The zero-order valence-electron chi connectivity index (χ0n) is 14.9. The Balaban J connectivity index is 1.38. The quantitative estimate of drug-likeness (QED) is 0.752. The van der Waals surface area contributed by atoms with Crippen molar-refractivity contribution in [1.29, 1.82) is 0 Å². The monoisotopic (exact) mass is 363 g/mol. The van der Waals surface area contributed by atoms with Crippen LogP contribution in [0.25, 0.3) is 0 Å². The molecule has 1 N–H and O–H groups in total. The van der Waals surface area contributed by atoms with Gasteiger partial charge in [0.2, 0.25) is 5.91 Å². The van der Waals surface area contributed by atoms with Gasteiger partial charge in [0.25, 0.3) is 0 Å². The van der Waals surface area contributed by atoms with E-state index in [0.717, 1.165) is 16.9 Å². The van der Waals surface area contributed by atoms with Gasteiger partial charge in [-0.2, -0.15) is 5.10 Å². The number of nitrogens with zero attached hydrogens (tertiary/aromatic N) is 4. The molecule has 0 unspecified atom stereocenters. The van der Waals surface area contributed by atoms with E-state index in [-0.39, 0.29) is 5.91 Å². The Morgan fingerprint density at radius 2 is 2.07 bits per heavy atom. The highest BCUT2D eigenvalue weighted by molar-refractivity contribution is 5.91. The second-order valence-corrected chi connectivity index (χ2v) is 6.45. The van der Waals surface area contributed by atoms with Gasteiger partial charge in [0.05, 0.1) is 19.3 Å². The molecule has 27 heavy (non-hydrogen) atoms. The highest BCUT2D eigenvalue weighted by Gasteiger charge is 2.18. The highest BCUT2D eigenvalue weighted by atomic mass is 16.5. The first-order valence-corrected chi connectivity index (χ1v) is 8.91. The van der Waals surface area contributed by atoms with Crippen molar-refractivity contribution in [3.63, 3.8) is 0 Å². The zero-order chi connectivity index (χ0) is 18.5. The number of pyridine rings is 1. The molecule has 0 saturated heterocycles. The first kappa shape index (κ1) is 17.2. The largest absolute Gasteiger partial charge is 0.492 e. The molecule has 0 atom stereocenters. The Labute approximate surface area is 157 Å². The Morgan fingerprint density at radius 1 is 1.15 bits per heavy atom. The van der Waals surface area contributed by atoms with E-state index in [1.807, 2.05) is 36.4 Å². The van der Waals surface area contributed by atoms with Gasteiger partial charge in [-0.3, -0.25) is 14.7 Å². The van der Waals surface area contributed by atoms with Crippen molar-refractivity contribution < 1.29 is 9.53 Å². The third kappa shape index (κ3) is 4.32. The SMILES string of the molecule is O=C(CN1CCOc2ccccc2C1)Nc1ccnn1Cc1cccnc1. The predicted molar refractivity (Wildman–Crippen MR) is 101 cm³/mol. The minimum Gasteiger partial charge on any atom is -0.492 e. The molecule has 2 aromatic heterocycles. The number of rotatable bonds is 5. The maximum atomic E-state index is 12.6. The van der Waals surface area contributed by atoms with Crippen LogP contribution in [0.2, 0.25) is 0 Å². The summed E-state index contributed by atoms with van der Waals surface area (Å²) >= 11 is 0. The van der Waals surface area contributed by atoms with Gasteiger partial charge in [-0.05, 0) is 17.7 Å². The molecular formula is C20H21N5O2. The van der Waals surface area contributed by atoms with Gasteiger partial charge in [0.15, 0.2) is 0 Å². The maximum Gasteiger partial charge on any atom is 0.239 e. The Hall–Kier alpha value is -3.19. The maximum absolute atomic E-state index is 12.6. The van der Waals surface area contributed by atoms with Crippen LogP contribution in [-0.2, 0) is 17.9 Å². The lowest BCUT2D eigenvalue weighted by atomic mass is 10.2. The molecule has 4 rings (SSSR count). The van der Waals surface area contributed by atoms with E-state index in [9.17, 15) is 4.79 Å². The third-order valence-electron chi connectivity index (χ3n) is 4.44. The van der Waals surface area contributed by atoms with Crippen LogP contribution in [0.4, 0.5) is 5.82 Å². The molecule has 1 amide bonds. The summed E-state index contributed by atoms with van der Waals surface area (Å²) in [4.78, 5) is 18.8. The van der Waals surface area contributed by atoms with Crippen molar-refractivity contribution in [2.24, 2.45) is 0 Å². The summed E-state index contributed by atoms with van der Waals surface area (Å²) in [7, 11) is 0. The molecule has 0 spiro atoms. The van der Waals surface area contributed by atoms with Gasteiger partial charge in [-0.1, -0.05) is 24.3 Å². The van der Waals surface area contributed by atoms with Gasteiger partial charge in [0, 0.05) is 37.1 Å². The number of carbonyl (C=O) groups excluding carboxylic acids is 1. The summed E-state index contributed by atoms with van der Waals surface area (Å²) in [6, 6.07) is 13.6. The van der Waals surface area contributed by atoms with Gasteiger partial charge < -0.3 is 10.1 Å². The Kier molecular flexibility index (Phi) is 5.11. The van der Waals surface area contributed by atoms with Gasteiger partial charge in [-0.15, -0.1) is 0 Å². The third-order valence-corrected chi connectivity index (χ3v) is 4.44. The van der Waals surface area contributed by atoms with Crippen molar-refractivity contribution in [2.45, 2.75) is 13.1 Å². The van der Waals surface area contributed by atoms with Crippen LogP contribution in [0.3, 0.4) is 0 Å². The number of benzene rings is 1. The lowest BCUT2D eigenvalue weighted by Gasteiger charge is -2.19. The number of hydrogen-bond acceptors (Lipinski definition) is 5. The summed E-state index contributed by atoms with van der Waals surface area (Å²) in [6.45, 7) is 2.83. The van der Waals surface area contributed by atoms with Crippen molar-refractivity contribution in [3.05, 3.63) is 72.2 Å². The molecule has 3 heterocycles. The minimum absolute atomic E-state index is 0.0673. The highest BCUT2D eigenvalue weighted by Crippen LogP contribution is 2.22. The Bertz CT molecular complexity index is 910. The molecule has 0 bridgehead atoms. The van der Waals surface area contributed by atoms with E-state index < -0.39 is 0 Å². The smallest absolute Gasteiger partial charge is 0.239 e. The van der Waals surface area contributed by atoms with Crippen molar-refractivity contribution >= 4 is 11.7 Å². The fraction of sp³-hybridized carbons (Fsp3) is 0.250. The van der Waals surface area contributed by atoms with E-state index in [2.05, 4.69) is 20.3 Å². The van der Waals surface area contributed by atoms with Crippen LogP contribution in [0, 0.1) is 0 Å². The molecule has 0 saturated carbocycles. The van der Waals surface area contributed by atoms with E-state index in [1.165, 1.54) is 0 Å².